The van der Waals surface area contributed by atoms with Gasteiger partial charge in [0.1, 0.15) is 0 Å². The van der Waals surface area contributed by atoms with E-state index in [1.165, 1.54) is 0 Å². The molecule has 6 nitrogen and oxygen atoms in total. The zero-order valence-electron chi connectivity index (χ0n) is 11.4. The van der Waals surface area contributed by atoms with Crippen molar-refractivity contribution in [1.82, 2.24) is 4.98 Å². The molecule has 102 valence electrons. The van der Waals surface area contributed by atoms with Crippen molar-refractivity contribution in [3.8, 4) is 0 Å². The van der Waals surface area contributed by atoms with Gasteiger partial charge in [-0.25, -0.2) is 4.73 Å². The molecule has 0 aromatic carbocycles. The summed E-state index contributed by atoms with van der Waals surface area (Å²) in [5, 5.41) is 14.9. The Bertz CT molecular complexity index is 379. The van der Waals surface area contributed by atoms with E-state index in [-0.39, 0.29) is 5.95 Å². The zero-order chi connectivity index (χ0) is 13.5. The smallest absolute Gasteiger partial charge is 0.346 e. The third-order valence-corrected chi connectivity index (χ3v) is 2.85. The molecule has 6 heteroatoms. The van der Waals surface area contributed by atoms with E-state index < -0.39 is 0 Å². The van der Waals surface area contributed by atoms with Gasteiger partial charge in [-0.2, -0.15) is 0 Å². The molecule has 1 aromatic heterocycles. The van der Waals surface area contributed by atoms with Gasteiger partial charge in [-0.3, -0.25) is 0 Å². The highest BCUT2D eigenvalue weighted by molar-refractivity contribution is 5.48. The molecule has 0 atom stereocenters. The van der Waals surface area contributed by atoms with Crippen LogP contribution in [-0.4, -0.2) is 24.6 Å². The van der Waals surface area contributed by atoms with E-state index in [1.54, 1.807) is 6.07 Å². The van der Waals surface area contributed by atoms with Crippen molar-refractivity contribution in [2.45, 2.75) is 33.6 Å². The van der Waals surface area contributed by atoms with Crippen LogP contribution in [0.3, 0.4) is 0 Å². The summed E-state index contributed by atoms with van der Waals surface area (Å²) in [5.41, 5.74) is 5.65. The van der Waals surface area contributed by atoms with Gasteiger partial charge in [0.2, 0.25) is 0 Å². The second kappa shape index (κ2) is 6.88. The summed E-state index contributed by atoms with van der Waals surface area (Å²) in [6.45, 7) is 8.63. The fourth-order valence-corrected chi connectivity index (χ4v) is 1.73. The van der Waals surface area contributed by atoms with E-state index in [0.717, 1.165) is 38.3 Å². The molecular weight excluding hydrogens is 230 g/mol. The average molecular weight is 253 g/mol. The molecule has 1 heterocycles. The number of unbranched alkanes of at least 4 members (excludes halogenated alkanes) is 1. The molecule has 0 aliphatic rings. The number of nitrogens with two attached hydrogens (primary N) is 1. The van der Waals surface area contributed by atoms with Crippen LogP contribution < -0.4 is 20.7 Å². The minimum atomic E-state index is -0.0154. The van der Waals surface area contributed by atoms with Crippen LogP contribution in [0.4, 0.5) is 17.6 Å². The van der Waals surface area contributed by atoms with Crippen molar-refractivity contribution < 1.29 is 4.73 Å². The van der Waals surface area contributed by atoms with Gasteiger partial charge in [-0.1, -0.05) is 18.3 Å². The van der Waals surface area contributed by atoms with Crippen LogP contribution >= 0.6 is 0 Å². The molecule has 0 radical (unpaired) electrons. The first-order chi connectivity index (χ1) is 8.63. The van der Waals surface area contributed by atoms with E-state index in [9.17, 15) is 5.21 Å². The van der Waals surface area contributed by atoms with Crippen molar-refractivity contribution in [1.29, 1.82) is 0 Å². The number of hydrogen-bond acceptors (Lipinski definition) is 5. The number of anilines is 3. The van der Waals surface area contributed by atoms with Crippen LogP contribution in [0.1, 0.15) is 33.6 Å². The molecule has 0 fully saturated rings. The Morgan fingerprint density at radius 2 is 2.06 bits per heavy atom. The molecule has 18 heavy (non-hydrogen) atoms. The topological polar surface area (TPSA) is 81.1 Å². The van der Waals surface area contributed by atoms with Crippen molar-refractivity contribution in [2.75, 3.05) is 35.6 Å². The summed E-state index contributed by atoms with van der Waals surface area (Å²) in [5.74, 6) is 1.19. The van der Waals surface area contributed by atoms with E-state index >= 15 is 0 Å². The predicted octanol–water partition coefficient (Wildman–Crippen LogP) is 1.36. The van der Waals surface area contributed by atoms with Gasteiger partial charge in [0.05, 0.1) is 6.07 Å². The number of hydrogen-bond donors (Lipinski definition) is 2. The molecule has 0 bridgehead atoms. The molecule has 0 amide bonds. The number of aromatic nitrogens is 2. The minimum Gasteiger partial charge on any atom is -0.754 e. The van der Waals surface area contributed by atoms with Gasteiger partial charge in [-0.15, -0.1) is 0 Å². The molecule has 0 saturated heterocycles. The summed E-state index contributed by atoms with van der Waals surface area (Å²) >= 11 is 0. The van der Waals surface area contributed by atoms with E-state index in [2.05, 4.69) is 22.1 Å². The lowest BCUT2D eigenvalue weighted by molar-refractivity contribution is -0.577. The standard InChI is InChI=1S/C12H23N5O/c1-4-7-8-14-10-9-11(16(5-2)6-3)15-12(13)17(10)18/h9,14H,4-8H2,1-3H3,(H2,13,15). The Labute approximate surface area is 108 Å². The highest BCUT2D eigenvalue weighted by atomic mass is 16.5. The lowest BCUT2D eigenvalue weighted by atomic mass is 10.3. The highest BCUT2D eigenvalue weighted by Gasteiger charge is 2.13. The molecular formula is C12H23N5O. The fourth-order valence-electron chi connectivity index (χ4n) is 1.73. The Hall–Kier alpha value is -1.72. The summed E-state index contributed by atoms with van der Waals surface area (Å²) in [4.78, 5) is 6.17. The van der Waals surface area contributed by atoms with Gasteiger partial charge in [0, 0.05) is 19.6 Å². The van der Waals surface area contributed by atoms with Crippen LogP contribution in [-0.2, 0) is 0 Å². The Morgan fingerprint density at radius 1 is 1.39 bits per heavy atom. The summed E-state index contributed by atoms with van der Waals surface area (Å²) in [6.07, 6.45) is 2.10. The molecule has 0 saturated carbocycles. The monoisotopic (exact) mass is 253 g/mol. The maximum atomic E-state index is 11.8. The van der Waals surface area contributed by atoms with Crippen LogP contribution in [0.25, 0.3) is 0 Å². The van der Waals surface area contributed by atoms with Gasteiger partial charge < -0.3 is 21.2 Å². The van der Waals surface area contributed by atoms with Crippen LogP contribution in [0.15, 0.2) is 6.07 Å². The molecule has 1 aromatic rings. The first kappa shape index (κ1) is 14.3. The van der Waals surface area contributed by atoms with E-state index in [0.29, 0.717) is 10.5 Å². The normalized spacial score (nSPS) is 10.4. The van der Waals surface area contributed by atoms with Crippen molar-refractivity contribution in [3.05, 3.63) is 11.3 Å². The summed E-state index contributed by atoms with van der Waals surface area (Å²) in [6, 6.07) is 1.76. The summed E-state index contributed by atoms with van der Waals surface area (Å²) < 4.78 is 0.642. The molecule has 0 spiro atoms. The number of nitrogen functional groups attached to an aromatic ring is 1. The first-order valence-corrected chi connectivity index (χ1v) is 6.52. The van der Waals surface area contributed by atoms with Gasteiger partial charge in [-0.05, 0) is 20.3 Å². The molecule has 0 aliphatic heterocycles. The summed E-state index contributed by atoms with van der Waals surface area (Å²) in [7, 11) is 0. The fraction of sp³-hybridized carbons (Fsp3) is 0.667. The van der Waals surface area contributed by atoms with Crippen molar-refractivity contribution in [2.24, 2.45) is 0 Å². The molecule has 3 N–H and O–H groups in total. The predicted molar refractivity (Wildman–Crippen MR) is 74.6 cm³/mol. The van der Waals surface area contributed by atoms with Gasteiger partial charge in [0.25, 0.3) is 0 Å². The maximum absolute atomic E-state index is 11.8. The van der Waals surface area contributed by atoms with Crippen LogP contribution in [0, 0.1) is 5.21 Å². The lowest BCUT2D eigenvalue weighted by Crippen LogP contribution is -2.37. The van der Waals surface area contributed by atoms with E-state index in [4.69, 9.17) is 5.73 Å². The Balaban J connectivity index is 2.94. The lowest BCUT2D eigenvalue weighted by Gasteiger charge is -2.21. The number of rotatable bonds is 7. The van der Waals surface area contributed by atoms with Gasteiger partial charge >= 0.3 is 5.95 Å². The number of nitrogens with zero attached hydrogens (tertiary/aromatic N) is 3. The Morgan fingerprint density at radius 3 is 2.61 bits per heavy atom. The van der Waals surface area contributed by atoms with Gasteiger partial charge in [0.15, 0.2) is 11.6 Å². The molecule has 0 aliphatic carbocycles. The average Bonchev–Trinajstić information content (AvgIpc) is 2.36. The number of nitrogens with one attached hydrogen (secondary N) is 1. The quantitative estimate of drug-likeness (QED) is 0.435. The SMILES string of the molecule is CCCCNc1cc(N(CC)CC)nc(N)[n+]1[O-]. The largest absolute Gasteiger partial charge is 0.754 e. The van der Waals surface area contributed by atoms with Crippen molar-refractivity contribution in [3.63, 3.8) is 0 Å². The second-order valence-electron chi connectivity index (χ2n) is 4.10. The van der Waals surface area contributed by atoms with E-state index in [1.807, 2.05) is 13.8 Å². The minimum absolute atomic E-state index is 0.0154. The maximum Gasteiger partial charge on any atom is 0.346 e. The van der Waals surface area contributed by atoms with Crippen LogP contribution in [0.5, 0.6) is 0 Å². The Kier molecular flexibility index (Phi) is 5.48. The highest BCUT2D eigenvalue weighted by Crippen LogP contribution is 2.15. The zero-order valence-corrected chi connectivity index (χ0v) is 11.4. The van der Waals surface area contributed by atoms with Crippen LogP contribution in [0.2, 0.25) is 0 Å². The molecule has 1 rings (SSSR count). The third-order valence-electron chi connectivity index (χ3n) is 2.85. The second-order valence-corrected chi connectivity index (χ2v) is 4.10. The first-order valence-electron chi connectivity index (χ1n) is 6.52. The third kappa shape index (κ3) is 3.38. The van der Waals surface area contributed by atoms with Crippen molar-refractivity contribution >= 4 is 17.6 Å². The molecule has 0 unspecified atom stereocenters.